The van der Waals surface area contributed by atoms with E-state index >= 15 is 4.79 Å². The fourth-order valence-electron chi connectivity index (χ4n) is 13.7. The number of fused-ring (bicyclic) bond motifs is 7. The number of benzene rings is 2. The first-order valence-corrected chi connectivity index (χ1v) is 22.6. The van der Waals surface area contributed by atoms with Crippen LogP contribution in [-0.2, 0) is 28.6 Å². The van der Waals surface area contributed by atoms with Crippen LogP contribution in [0, 0.1) is 50.2 Å². The van der Waals surface area contributed by atoms with Gasteiger partial charge in [0.25, 0.3) is 0 Å². The molecule has 2 aromatic carbocycles. The molecule has 4 saturated carbocycles. The number of hydrogen-bond acceptors (Lipinski definition) is 8. The van der Waals surface area contributed by atoms with Crippen molar-refractivity contribution in [3.63, 3.8) is 0 Å². The first-order chi connectivity index (χ1) is 29.0. The topological polar surface area (TPSA) is 114 Å². The fraction of sp³-hybridized carbons (Fsp3) is 0.558. The molecule has 0 unspecified atom stereocenters. The summed E-state index contributed by atoms with van der Waals surface area (Å²) >= 11 is 0. The second kappa shape index (κ2) is 15.5. The normalized spacial score (nSPS) is 36.6. The summed E-state index contributed by atoms with van der Waals surface area (Å²) in [5.74, 6) is -1.32. The molecule has 10 atom stereocenters. The van der Waals surface area contributed by atoms with Crippen molar-refractivity contribution in [2.45, 2.75) is 118 Å². The van der Waals surface area contributed by atoms with E-state index in [2.05, 4.69) is 46.3 Å². The molecule has 9 heteroatoms. The second-order valence-electron chi connectivity index (χ2n) is 20.5. The highest BCUT2D eigenvalue weighted by molar-refractivity contribution is 5.96. The lowest BCUT2D eigenvalue weighted by molar-refractivity contribution is -0.207. The molecular weight excluding hydrogens is 765 g/mol. The first-order valence-electron chi connectivity index (χ1n) is 22.6. The van der Waals surface area contributed by atoms with E-state index in [1.54, 1.807) is 23.9 Å². The quantitative estimate of drug-likeness (QED) is 0.113. The summed E-state index contributed by atoms with van der Waals surface area (Å²) in [6.07, 6.45) is 13.3. The number of esters is 3. The molecule has 0 aliphatic heterocycles. The van der Waals surface area contributed by atoms with Gasteiger partial charge >= 0.3 is 17.9 Å². The van der Waals surface area contributed by atoms with Gasteiger partial charge in [0.1, 0.15) is 6.61 Å². The van der Waals surface area contributed by atoms with Crippen LogP contribution in [0.2, 0.25) is 0 Å². The van der Waals surface area contributed by atoms with Crippen molar-refractivity contribution in [2.75, 3.05) is 13.2 Å². The van der Waals surface area contributed by atoms with Gasteiger partial charge in [0.15, 0.2) is 11.9 Å². The van der Waals surface area contributed by atoms with Gasteiger partial charge in [-0.25, -0.2) is 4.79 Å². The summed E-state index contributed by atoms with van der Waals surface area (Å²) < 4.78 is 19.5. The summed E-state index contributed by atoms with van der Waals surface area (Å²) in [7, 11) is 0. The van der Waals surface area contributed by atoms with Gasteiger partial charge in [0.05, 0.1) is 35.2 Å². The number of aromatic nitrogens is 2. The van der Waals surface area contributed by atoms with Gasteiger partial charge in [0.2, 0.25) is 0 Å². The Morgan fingerprint density at radius 3 is 2.15 bits per heavy atom. The molecule has 4 fully saturated rings. The van der Waals surface area contributed by atoms with E-state index in [9.17, 15) is 14.4 Å². The van der Waals surface area contributed by atoms with Gasteiger partial charge in [-0.05, 0) is 129 Å². The molecule has 0 N–H and O–H groups in total. The highest BCUT2D eigenvalue weighted by Gasteiger charge is 2.72. The lowest BCUT2D eigenvalue weighted by Crippen LogP contribution is -2.67. The minimum Gasteiger partial charge on any atom is -0.462 e. The molecule has 0 saturated heterocycles. The van der Waals surface area contributed by atoms with Crippen molar-refractivity contribution >= 4 is 23.7 Å². The maximum atomic E-state index is 15.3. The number of allylic oxidation sites excluding steroid dienone is 2. The molecule has 5 aliphatic carbocycles. The van der Waals surface area contributed by atoms with E-state index < -0.39 is 34.4 Å². The predicted octanol–water partition coefficient (Wildman–Crippen LogP) is 10.6. The Labute approximate surface area is 361 Å². The average molecular weight is 829 g/mol. The first kappa shape index (κ1) is 42.9. The zero-order valence-corrected chi connectivity index (χ0v) is 37.2. The molecule has 0 spiro atoms. The third-order valence-corrected chi connectivity index (χ3v) is 17.3. The minimum atomic E-state index is -1.05. The summed E-state index contributed by atoms with van der Waals surface area (Å²) in [6.45, 7) is 19.3. The molecule has 0 bridgehead atoms. The SMILES string of the molecule is C=CCOC(=O)[C@]1(C)[C@@H](n2cc(C(=O)OCC)cn2)CC[C@@]2(C)[C@H]1CC[C@]1(C)[C@@H]2C(=O)C=C2[C@@H]3C[C@@](C)(C(=O)OC(c4ccccc4)c4ccccc4)CC[C@]3(C)CC[C@]21C. The minimum absolute atomic E-state index is 0.0417. The van der Waals surface area contributed by atoms with Crippen molar-refractivity contribution in [1.82, 2.24) is 9.78 Å². The molecule has 0 radical (unpaired) electrons. The van der Waals surface area contributed by atoms with Crippen LogP contribution in [0.4, 0.5) is 0 Å². The van der Waals surface area contributed by atoms with Crippen LogP contribution in [0.1, 0.15) is 140 Å². The zero-order valence-electron chi connectivity index (χ0n) is 37.2. The number of ether oxygens (including phenoxy) is 3. The van der Waals surface area contributed by atoms with Gasteiger partial charge in [-0.3, -0.25) is 19.1 Å². The highest BCUT2D eigenvalue weighted by Crippen LogP contribution is 2.76. The largest absolute Gasteiger partial charge is 0.462 e. The van der Waals surface area contributed by atoms with Gasteiger partial charge in [-0.15, -0.1) is 0 Å². The Balaban J connectivity index is 1.13. The van der Waals surface area contributed by atoms with Crippen LogP contribution in [0.15, 0.2) is 97.4 Å². The average Bonchev–Trinajstić information content (AvgIpc) is 3.74. The van der Waals surface area contributed by atoms with Crippen molar-refractivity contribution in [3.8, 4) is 0 Å². The molecule has 5 aliphatic rings. The maximum Gasteiger partial charge on any atom is 0.341 e. The van der Waals surface area contributed by atoms with Crippen LogP contribution in [-0.4, -0.2) is 46.7 Å². The number of hydrogen-bond donors (Lipinski definition) is 0. The van der Waals surface area contributed by atoms with Crippen LogP contribution < -0.4 is 0 Å². The van der Waals surface area contributed by atoms with E-state index in [1.165, 1.54) is 11.8 Å². The summed E-state index contributed by atoms with van der Waals surface area (Å²) in [4.78, 5) is 57.2. The number of nitrogens with zero attached hydrogens (tertiary/aromatic N) is 2. The van der Waals surface area contributed by atoms with Crippen LogP contribution >= 0.6 is 0 Å². The van der Waals surface area contributed by atoms with Crippen molar-refractivity contribution < 1.29 is 33.4 Å². The number of carbonyl (C=O) groups is 4. The third-order valence-electron chi connectivity index (χ3n) is 17.3. The maximum absolute atomic E-state index is 15.3. The standard InChI is InChI=1S/C52H64N2O7/c1-9-29-60-46(58)52(8)40-21-24-51(7)43(49(40,5)23-22-41(52)54-33-36(32-53-54)44(56)59-10-2)39(55)30-37-38-31-48(4,26-25-47(38,3)27-28-50(37,51)6)45(57)61-42(34-17-13-11-14-18-34)35-19-15-12-16-20-35/h9,11-20,30,32-33,38,40-43H,1,10,21-29,31H2,2-8H3/t38-,40+,41-,43+,47+,48-,49-,50+,51+,52-/m0/s1. The molecular formula is C52H64N2O7. The van der Waals surface area contributed by atoms with Gasteiger partial charge in [-0.2, -0.15) is 5.10 Å². The van der Waals surface area contributed by atoms with Gasteiger partial charge in [0, 0.05) is 12.1 Å². The van der Waals surface area contributed by atoms with E-state index in [1.807, 2.05) is 73.7 Å². The Morgan fingerprint density at radius 1 is 0.852 bits per heavy atom. The summed E-state index contributed by atoms with van der Waals surface area (Å²) in [5, 5.41) is 4.63. The summed E-state index contributed by atoms with van der Waals surface area (Å²) in [5.41, 5.74) is 0.373. The van der Waals surface area contributed by atoms with E-state index in [4.69, 9.17) is 14.2 Å². The Kier molecular flexibility index (Phi) is 10.9. The number of ketones is 1. The van der Waals surface area contributed by atoms with E-state index in [0.29, 0.717) is 24.8 Å². The van der Waals surface area contributed by atoms with Crippen molar-refractivity contribution in [1.29, 1.82) is 0 Å². The highest BCUT2D eigenvalue weighted by atomic mass is 16.5. The van der Waals surface area contributed by atoms with Crippen LogP contribution in [0.5, 0.6) is 0 Å². The summed E-state index contributed by atoms with van der Waals surface area (Å²) in [6, 6.07) is 19.5. The Hall–Kier alpha value is -4.79. The lowest BCUT2D eigenvalue weighted by atomic mass is 9.33. The van der Waals surface area contributed by atoms with E-state index in [0.717, 1.165) is 49.7 Å². The third kappa shape index (κ3) is 6.66. The smallest absolute Gasteiger partial charge is 0.341 e. The molecule has 1 aromatic heterocycles. The molecule has 324 valence electrons. The molecule has 8 rings (SSSR count). The molecule has 9 nitrogen and oxygen atoms in total. The number of carbonyl (C=O) groups excluding carboxylic acids is 4. The van der Waals surface area contributed by atoms with Crippen LogP contribution in [0.25, 0.3) is 0 Å². The Bertz CT molecular complexity index is 2190. The van der Waals surface area contributed by atoms with Gasteiger partial charge in [-0.1, -0.05) is 107 Å². The lowest BCUT2D eigenvalue weighted by Gasteiger charge is -2.70. The van der Waals surface area contributed by atoms with Crippen LogP contribution in [0.3, 0.4) is 0 Å². The zero-order chi connectivity index (χ0) is 43.6. The second-order valence-corrected chi connectivity index (χ2v) is 20.5. The molecule has 3 aromatic rings. The fourth-order valence-corrected chi connectivity index (χ4v) is 13.7. The number of rotatable bonds is 10. The molecule has 1 heterocycles. The predicted molar refractivity (Wildman–Crippen MR) is 233 cm³/mol. The molecule has 0 amide bonds. The van der Waals surface area contributed by atoms with Gasteiger partial charge < -0.3 is 14.2 Å². The van der Waals surface area contributed by atoms with Crippen molar-refractivity contribution in [2.24, 2.45) is 50.2 Å². The molecule has 61 heavy (non-hydrogen) atoms. The Morgan fingerprint density at radius 2 is 1.51 bits per heavy atom. The monoisotopic (exact) mass is 828 g/mol. The van der Waals surface area contributed by atoms with E-state index in [-0.39, 0.29) is 64.9 Å². The van der Waals surface area contributed by atoms with Crippen molar-refractivity contribution in [3.05, 3.63) is 114 Å².